The highest BCUT2D eigenvalue weighted by Gasteiger charge is 2.12. The molecule has 0 atom stereocenters. The van der Waals surface area contributed by atoms with Crippen LogP contribution in [0.5, 0.6) is 5.75 Å². The van der Waals surface area contributed by atoms with Crippen molar-refractivity contribution in [2.24, 2.45) is 0 Å². The van der Waals surface area contributed by atoms with E-state index in [1.54, 1.807) is 18.2 Å². The summed E-state index contributed by atoms with van der Waals surface area (Å²) in [6.07, 6.45) is 0. The van der Waals surface area contributed by atoms with Gasteiger partial charge in [0.2, 0.25) is 0 Å². The molecule has 0 saturated carbocycles. The normalized spacial score (nSPS) is 10.4. The van der Waals surface area contributed by atoms with E-state index < -0.39 is 5.82 Å². The van der Waals surface area contributed by atoms with Crippen molar-refractivity contribution in [3.05, 3.63) is 53.6 Å². The molecular formula is C15H16F2N2O. The minimum Gasteiger partial charge on any atom is -0.494 e. The van der Waals surface area contributed by atoms with Crippen LogP contribution in [0.2, 0.25) is 0 Å². The summed E-state index contributed by atoms with van der Waals surface area (Å²) in [4.78, 5) is 1.85. The molecular weight excluding hydrogens is 262 g/mol. The van der Waals surface area contributed by atoms with Crippen LogP contribution in [0, 0.1) is 11.6 Å². The van der Waals surface area contributed by atoms with Crippen molar-refractivity contribution in [3.8, 4) is 5.75 Å². The summed E-state index contributed by atoms with van der Waals surface area (Å²) >= 11 is 0. The molecule has 2 aromatic rings. The van der Waals surface area contributed by atoms with Crippen LogP contribution in [0.25, 0.3) is 0 Å². The molecule has 2 rings (SSSR count). The monoisotopic (exact) mass is 278 g/mol. The fourth-order valence-electron chi connectivity index (χ4n) is 1.99. The molecule has 0 aromatic heterocycles. The van der Waals surface area contributed by atoms with Gasteiger partial charge in [-0.15, -0.1) is 0 Å². The SMILES string of the molecule is COc1cc(N(C)Cc2ccc(F)cc2)c(N)cc1F. The lowest BCUT2D eigenvalue weighted by atomic mass is 10.2. The minimum absolute atomic E-state index is 0.139. The van der Waals surface area contributed by atoms with Gasteiger partial charge in [0.25, 0.3) is 0 Å². The average Bonchev–Trinajstić information content (AvgIpc) is 2.41. The van der Waals surface area contributed by atoms with E-state index in [1.165, 1.54) is 25.3 Å². The van der Waals surface area contributed by atoms with Crippen LogP contribution in [0.4, 0.5) is 20.2 Å². The summed E-state index contributed by atoms with van der Waals surface area (Å²) in [5.41, 5.74) is 7.74. The summed E-state index contributed by atoms with van der Waals surface area (Å²) in [5, 5.41) is 0. The first-order chi connectivity index (χ1) is 9.51. The molecule has 0 bridgehead atoms. The molecule has 20 heavy (non-hydrogen) atoms. The van der Waals surface area contributed by atoms with Crippen LogP contribution in [0.1, 0.15) is 5.56 Å². The predicted octanol–water partition coefficient (Wildman–Crippen LogP) is 3.19. The second-order valence-corrected chi connectivity index (χ2v) is 4.53. The van der Waals surface area contributed by atoms with Gasteiger partial charge in [0.15, 0.2) is 11.6 Å². The summed E-state index contributed by atoms with van der Waals surface area (Å²) < 4.78 is 31.3. The highest BCUT2D eigenvalue weighted by molar-refractivity contribution is 5.69. The van der Waals surface area contributed by atoms with Crippen molar-refractivity contribution >= 4 is 11.4 Å². The zero-order chi connectivity index (χ0) is 14.7. The molecule has 106 valence electrons. The maximum absolute atomic E-state index is 13.5. The number of benzene rings is 2. The Bertz CT molecular complexity index is 600. The number of ether oxygens (including phenoxy) is 1. The molecule has 5 heteroatoms. The maximum Gasteiger partial charge on any atom is 0.167 e. The molecule has 2 N–H and O–H groups in total. The van der Waals surface area contributed by atoms with Gasteiger partial charge < -0.3 is 15.4 Å². The van der Waals surface area contributed by atoms with Gasteiger partial charge >= 0.3 is 0 Å². The molecule has 0 fully saturated rings. The summed E-state index contributed by atoms with van der Waals surface area (Å²) in [7, 11) is 3.23. The standard InChI is InChI=1S/C15H16F2N2O/c1-19(9-10-3-5-11(16)6-4-10)14-8-15(20-2)12(17)7-13(14)18/h3-8H,9,18H2,1-2H3. The predicted molar refractivity (Wildman–Crippen MR) is 75.9 cm³/mol. The van der Waals surface area contributed by atoms with Gasteiger partial charge in [-0.05, 0) is 17.7 Å². The highest BCUT2D eigenvalue weighted by Crippen LogP contribution is 2.31. The first kappa shape index (κ1) is 14.1. The van der Waals surface area contributed by atoms with Crippen molar-refractivity contribution < 1.29 is 13.5 Å². The Kier molecular flexibility index (Phi) is 4.08. The maximum atomic E-state index is 13.5. The van der Waals surface area contributed by atoms with E-state index in [2.05, 4.69) is 0 Å². The highest BCUT2D eigenvalue weighted by atomic mass is 19.1. The molecule has 0 spiro atoms. The van der Waals surface area contributed by atoms with E-state index in [4.69, 9.17) is 10.5 Å². The first-order valence-electron chi connectivity index (χ1n) is 6.10. The number of hydrogen-bond acceptors (Lipinski definition) is 3. The molecule has 3 nitrogen and oxygen atoms in total. The van der Waals surface area contributed by atoms with E-state index >= 15 is 0 Å². The average molecular weight is 278 g/mol. The molecule has 0 amide bonds. The Morgan fingerprint density at radius 1 is 1.15 bits per heavy atom. The second kappa shape index (κ2) is 5.77. The number of halogens is 2. The van der Waals surface area contributed by atoms with Gasteiger partial charge in [0.05, 0.1) is 18.5 Å². The molecule has 0 unspecified atom stereocenters. The Hall–Kier alpha value is -2.30. The smallest absolute Gasteiger partial charge is 0.167 e. The number of nitrogens with two attached hydrogens (primary N) is 1. The summed E-state index contributed by atoms with van der Waals surface area (Å²) in [5.74, 6) is -0.636. The van der Waals surface area contributed by atoms with Gasteiger partial charge in [0.1, 0.15) is 5.82 Å². The van der Waals surface area contributed by atoms with Crippen molar-refractivity contribution in [2.75, 3.05) is 24.8 Å². The van der Waals surface area contributed by atoms with Crippen LogP contribution in [0.15, 0.2) is 36.4 Å². The molecule has 0 aliphatic carbocycles. The molecule has 0 saturated heterocycles. The van der Waals surface area contributed by atoms with E-state index in [1.807, 2.05) is 11.9 Å². The van der Waals surface area contributed by atoms with E-state index in [9.17, 15) is 8.78 Å². The Morgan fingerprint density at radius 2 is 1.80 bits per heavy atom. The van der Waals surface area contributed by atoms with Gasteiger partial charge in [-0.2, -0.15) is 0 Å². The number of hydrogen-bond donors (Lipinski definition) is 1. The topological polar surface area (TPSA) is 38.5 Å². The zero-order valence-electron chi connectivity index (χ0n) is 11.4. The fraction of sp³-hybridized carbons (Fsp3) is 0.200. The lowest BCUT2D eigenvalue weighted by molar-refractivity contribution is 0.387. The molecule has 0 radical (unpaired) electrons. The van der Waals surface area contributed by atoms with Crippen molar-refractivity contribution in [1.82, 2.24) is 0 Å². The molecule has 0 aliphatic heterocycles. The largest absolute Gasteiger partial charge is 0.494 e. The number of anilines is 2. The van der Waals surface area contributed by atoms with Gasteiger partial charge in [0, 0.05) is 25.7 Å². The summed E-state index contributed by atoms with van der Waals surface area (Å²) in [6.45, 7) is 0.527. The third-order valence-electron chi connectivity index (χ3n) is 3.05. The van der Waals surface area contributed by atoms with Crippen molar-refractivity contribution in [2.45, 2.75) is 6.54 Å². The number of nitrogen functional groups attached to an aromatic ring is 1. The van der Waals surface area contributed by atoms with Gasteiger partial charge in [-0.3, -0.25) is 0 Å². The van der Waals surface area contributed by atoms with Crippen molar-refractivity contribution in [1.29, 1.82) is 0 Å². The minimum atomic E-state index is -0.496. The molecule has 0 aliphatic rings. The fourth-order valence-corrected chi connectivity index (χ4v) is 1.99. The summed E-state index contributed by atoms with van der Waals surface area (Å²) in [6, 6.07) is 8.98. The molecule has 0 heterocycles. The van der Waals surface area contributed by atoms with Crippen LogP contribution in [-0.4, -0.2) is 14.2 Å². The lowest BCUT2D eigenvalue weighted by Crippen LogP contribution is -2.18. The Balaban J connectivity index is 2.24. The third-order valence-corrected chi connectivity index (χ3v) is 3.05. The number of rotatable bonds is 4. The van der Waals surface area contributed by atoms with Crippen LogP contribution in [-0.2, 0) is 6.54 Å². The van der Waals surface area contributed by atoms with E-state index in [0.717, 1.165) is 5.56 Å². The molecule has 2 aromatic carbocycles. The number of nitrogens with zero attached hydrogens (tertiary/aromatic N) is 1. The third kappa shape index (κ3) is 2.99. The van der Waals surface area contributed by atoms with Crippen molar-refractivity contribution in [3.63, 3.8) is 0 Å². The lowest BCUT2D eigenvalue weighted by Gasteiger charge is -2.22. The second-order valence-electron chi connectivity index (χ2n) is 4.53. The first-order valence-corrected chi connectivity index (χ1v) is 6.10. The quantitative estimate of drug-likeness (QED) is 0.873. The Labute approximate surface area is 116 Å². The Morgan fingerprint density at radius 3 is 2.40 bits per heavy atom. The zero-order valence-corrected chi connectivity index (χ0v) is 11.4. The van der Waals surface area contributed by atoms with Crippen LogP contribution < -0.4 is 15.4 Å². The van der Waals surface area contributed by atoms with Gasteiger partial charge in [-0.1, -0.05) is 12.1 Å². The number of methoxy groups -OCH3 is 1. The van der Waals surface area contributed by atoms with Crippen LogP contribution in [0.3, 0.4) is 0 Å². The van der Waals surface area contributed by atoms with Gasteiger partial charge in [-0.25, -0.2) is 8.78 Å². The van der Waals surface area contributed by atoms with Crippen LogP contribution >= 0.6 is 0 Å². The van der Waals surface area contributed by atoms with E-state index in [0.29, 0.717) is 17.9 Å². The van der Waals surface area contributed by atoms with E-state index in [-0.39, 0.29) is 11.6 Å².